The number of aliphatic hydroxyl groups is 1. The zero-order valence-corrected chi connectivity index (χ0v) is 22.5. The van der Waals surface area contributed by atoms with Crippen LogP contribution in [-0.2, 0) is 11.3 Å². The first-order valence-electron chi connectivity index (χ1n) is 12.2. The minimum absolute atomic E-state index is 0.0530. The van der Waals surface area contributed by atoms with Crippen molar-refractivity contribution >= 4 is 23.0 Å². The number of aliphatic hydroxyl groups excluding tert-OH is 1. The number of ether oxygens (including phenoxy) is 2. The molecule has 9 nitrogen and oxygen atoms in total. The maximum Gasteiger partial charge on any atom is 0.290 e. The van der Waals surface area contributed by atoms with Crippen LogP contribution in [0.15, 0.2) is 48.3 Å². The molecule has 3 aromatic rings. The van der Waals surface area contributed by atoms with Crippen molar-refractivity contribution in [3.05, 3.63) is 69.4 Å². The molecule has 2 aromatic heterocycles. The normalized spacial score (nSPS) is 15.7. The topological polar surface area (TPSA) is 107 Å². The van der Waals surface area contributed by atoms with E-state index >= 15 is 0 Å². The van der Waals surface area contributed by atoms with E-state index in [0.717, 1.165) is 5.01 Å². The first-order chi connectivity index (χ1) is 17.7. The van der Waals surface area contributed by atoms with Crippen molar-refractivity contribution in [1.29, 1.82) is 0 Å². The van der Waals surface area contributed by atoms with Crippen molar-refractivity contribution in [2.75, 3.05) is 20.3 Å². The fraction of sp³-hybridized carbons (Fsp3) is 0.407. The Bertz CT molecular complexity index is 1310. The number of benzene rings is 1. The molecule has 10 heteroatoms. The standard InChI is InChI=1S/C27H32N4O5S/c1-16(2)14-36-20-8-7-19(13-21(20)35-5)23-22(24(32)26-17(3)29-18(4)37-26)25(33)27(34)31(23)11-6-10-30-12-9-28-15-30/h7-9,12-13,15-16,23,33H,6,10-11,14H2,1-5H3. The molecule has 1 unspecified atom stereocenters. The number of carbonyl (C=O) groups is 2. The molecule has 1 amide bonds. The quantitative estimate of drug-likeness (QED) is 0.363. The van der Waals surface area contributed by atoms with Gasteiger partial charge in [0.15, 0.2) is 17.3 Å². The number of thiazole rings is 1. The summed E-state index contributed by atoms with van der Waals surface area (Å²) in [5, 5.41) is 11.7. The van der Waals surface area contributed by atoms with Crippen LogP contribution in [-0.4, -0.2) is 56.5 Å². The molecular formula is C27H32N4O5S. The summed E-state index contributed by atoms with van der Waals surface area (Å²) in [6, 6.07) is 4.59. The van der Waals surface area contributed by atoms with E-state index in [-0.39, 0.29) is 5.57 Å². The van der Waals surface area contributed by atoms with E-state index < -0.39 is 23.5 Å². The summed E-state index contributed by atoms with van der Waals surface area (Å²) in [6.45, 7) is 9.18. The summed E-state index contributed by atoms with van der Waals surface area (Å²) in [5.74, 6) is -0.0924. The molecule has 0 fully saturated rings. The minimum Gasteiger partial charge on any atom is -0.503 e. The second-order valence-corrected chi connectivity index (χ2v) is 10.6. The number of hydrogen-bond acceptors (Lipinski definition) is 8. The van der Waals surface area contributed by atoms with Gasteiger partial charge in [-0.1, -0.05) is 19.9 Å². The van der Waals surface area contributed by atoms with Gasteiger partial charge in [-0.15, -0.1) is 11.3 Å². The fourth-order valence-electron chi connectivity index (χ4n) is 4.40. The lowest BCUT2D eigenvalue weighted by molar-refractivity contribution is -0.129. The number of carbonyl (C=O) groups excluding carboxylic acids is 2. The van der Waals surface area contributed by atoms with Crippen LogP contribution < -0.4 is 9.47 Å². The molecule has 0 saturated heterocycles. The smallest absolute Gasteiger partial charge is 0.290 e. The molecule has 1 N–H and O–H groups in total. The van der Waals surface area contributed by atoms with Crippen molar-refractivity contribution in [2.24, 2.45) is 5.92 Å². The van der Waals surface area contributed by atoms with Crippen molar-refractivity contribution in [2.45, 2.75) is 46.7 Å². The highest BCUT2D eigenvalue weighted by molar-refractivity contribution is 7.14. The lowest BCUT2D eigenvalue weighted by atomic mass is 9.94. The number of amides is 1. The molecule has 1 aromatic carbocycles. The van der Waals surface area contributed by atoms with E-state index in [0.29, 0.717) is 59.7 Å². The predicted octanol–water partition coefficient (Wildman–Crippen LogP) is 4.67. The molecule has 1 aliphatic rings. The summed E-state index contributed by atoms with van der Waals surface area (Å²) in [7, 11) is 1.55. The van der Waals surface area contributed by atoms with Crippen LogP contribution in [0, 0.1) is 19.8 Å². The van der Waals surface area contributed by atoms with E-state index in [2.05, 4.69) is 23.8 Å². The summed E-state index contributed by atoms with van der Waals surface area (Å²) < 4.78 is 13.4. The third-order valence-corrected chi connectivity index (χ3v) is 7.18. The van der Waals surface area contributed by atoms with Gasteiger partial charge in [0, 0.05) is 25.5 Å². The highest BCUT2D eigenvalue weighted by Gasteiger charge is 2.44. The molecule has 0 saturated carbocycles. The van der Waals surface area contributed by atoms with Crippen LogP contribution in [0.1, 0.15) is 52.2 Å². The van der Waals surface area contributed by atoms with E-state index in [1.807, 2.05) is 23.8 Å². The average Bonchev–Trinajstić information content (AvgIpc) is 3.57. The number of aromatic nitrogens is 3. The lowest BCUT2D eigenvalue weighted by Gasteiger charge is -2.27. The molecule has 4 rings (SSSR count). The monoisotopic (exact) mass is 524 g/mol. The summed E-state index contributed by atoms with van der Waals surface area (Å²) >= 11 is 1.26. The van der Waals surface area contributed by atoms with Gasteiger partial charge < -0.3 is 24.0 Å². The van der Waals surface area contributed by atoms with Gasteiger partial charge in [0.25, 0.3) is 5.91 Å². The van der Waals surface area contributed by atoms with Crippen LogP contribution in [0.3, 0.4) is 0 Å². The first-order valence-corrected chi connectivity index (χ1v) is 13.0. The average molecular weight is 525 g/mol. The van der Waals surface area contributed by atoms with Gasteiger partial charge >= 0.3 is 0 Å². The van der Waals surface area contributed by atoms with Gasteiger partial charge in [0.05, 0.1) is 47.2 Å². The van der Waals surface area contributed by atoms with Gasteiger partial charge in [-0.3, -0.25) is 9.59 Å². The van der Waals surface area contributed by atoms with Crippen molar-refractivity contribution < 1.29 is 24.2 Å². The molecule has 3 heterocycles. The molecule has 0 radical (unpaired) electrons. The van der Waals surface area contributed by atoms with Crippen LogP contribution in [0.2, 0.25) is 0 Å². The molecular weight excluding hydrogens is 492 g/mol. The van der Waals surface area contributed by atoms with Gasteiger partial charge in [-0.25, -0.2) is 9.97 Å². The first kappa shape index (κ1) is 26.4. The van der Waals surface area contributed by atoms with Crippen LogP contribution >= 0.6 is 11.3 Å². The van der Waals surface area contributed by atoms with E-state index in [1.54, 1.807) is 43.6 Å². The number of Topliss-reactive ketones (excluding diaryl/α,β-unsaturated/α-hetero) is 1. The second-order valence-electron chi connectivity index (χ2n) is 9.41. The Morgan fingerprint density at radius 2 is 2.00 bits per heavy atom. The number of ketones is 1. The summed E-state index contributed by atoms with van der Waals surface area (Å²) in [6.07, 6.45) is 5.87. The number of methoxy groups -OCH3 is 1. The molecule has 196 valence electrons. The molecule has 0 aliphatic carbocycles. The van der Waals surface area contributed by atoms with Gasteiger partial charge in [0.2, 0.25) is 5.78 Å². The lowest BCUT2D eigenvalue weighted by Crippen LogP contribution is -2.32. The zero-order valence-electron chi connectivity index (χ0n) is 21.7. The van der Waals surface area contributed by atoms with Crippen molar-refractivity contribution in [3.8, 4) is 11.5 Å². The third kappa shape index (κ3) is 5.53. The Balaban J connectivity index is 1.72. The predicted molar refractivity (Wildman–Crippen MR) is 140 cm³/mol. The number of aryl methyl sites for hydroxylation is 3. The Labute approximate surface area is 220 Å². The Hall–Kier alpha value is -3.66. The largest absolute Gasteiger partial charge is 0.503 e. The highest BCUT2D eigenvalue weighted by atomic mass is 32.1. The number of imidazole rings is 1. The fourth-order valence-corrected chi connectivity index (χ4v) is 5.27. The maximum atomic E-state index is 13.7. The maximum absolute atomic E-state index is 13.7. The number of hydrogen-bond donors (Lipinski definition) is 1. The minimum atomic E-state index is -0.780. The van der Waals surface area contributed by atoms with Gasteiger partial charge in [-0.05, 0) is 43.9 Å². The third-order valence-electron chi connectivity index (χ3n) is 6.11. The molecule has 0 spiro atoms. The van der Waals surface area contributed by atoms with Gasteiger partial charge in [0.1, 0.15) is 0 Å². The van der Waals surface area contributed by atoms with Crippen LogP contribution in [0.5, 0.6) is 11.5 Å². The van der Waals surface area contributed by atoms with Crippen LogP contribution in [0.25, 0.3) is 0 Å². The Morgan fingerprint density at radius 1 is 1.22 bits per heavy atom. The highest BCUT2D eigenvalue weighted by Crippen LogP contribution is 2.42. The molecule has 1 aliphatic heterocycles. The Morgan fingerprint density at radius 3 is 2.62 bits per heavy atom. The molecule has 37 heavy (non-hydrogen) atoms. The summed E-state index contributed by atoms with van der Waals surface area (Å²) in [4.78, 5) is 37.4. The second kappa shape index (κ2) is 11.2. The van der Waals surface area contributed by atoms with Crippen molar-refractivity contribution in [3.63, 3.8) is 0 Å². The zero-order chi connectivity index (χ0) is 26.7. The van der Waals surface area contributed by atoms with Gasteiger partial charge in [-0.2, -0.15) is 0 Å². The van der Waals surface area contributed by atoms with E-state index in [1.165, 1.54) is 11.3 Å². The number of rotatable bonds is 11. The van der Waals surface area contributed by atoms with Crippen LogP contribution in [0.4, 0.5) is 0 Å². The number of nitrogens with zero attached hydrogens (tertiary/aromatic N) is 4. The SMILES string of the molecule is COc1cc(C2C(C(=O)c3sc(C)nc3C)=C(O)C(=O)N2CCCn2ccnc2)ccc1OCC(C)C. The van der Waals surface area contributed by atoms with Crippen molar-refractivity contribution in [1.82, 2.24) is 19.4 Å². The van der Waals surface area contributed by atoms with E-state index in [9.17, 15) is 14.7 Å². The van der Waals surface area contributed by atoms with E-state index in [4.69, 9.17) is 9.47 Å². The Kier molecular flexibility index (Phi) is 7.97. The summed E-state index contributed by atoms with van der Waals surface area (Å²) in [5.41, 5.74) is 1.28. The molecule has 0 bridgehead atoms. The molecule has 1 atom stereocenters.